The molecule has 1 heterocycles. The van der Waals surface area contributed by atoms with E-state index in [1.54, 1.807) is 0 Å². The zero-order chi connectivity index (χ0) is 12.4. The number of anilines is 1. The SMILES string of the molecule is CC1CCC(C)N(c2ccc([C@@H](C)N)cc2)C1. The van der Waals surface area contributed by atoms with Crippen LogP contribution in [-0.2, 0) is 0 Å². The highest BCUT2D eigenvalue weighted by molar-refractivity contribution is 5.49. The Morgan fingerprint density at radius 2 is 1.82 bits per heavy atom. The summed E-state index contributed by atoms with van der Waals surface area (Å²) >= 11 is 0. The molecular weight excluding hydrogens is 208 g/mol. The summed E-state index contributed by atoms with van der Waals surface area (Å²) in [4.78, 5) is 2.53. The molecule has 1 aromatic rings. The predicted octanol–water partition coefficient (Wildman–Crippen LogP) is 3.33. The van der Waals surface area contributed by atoms with Crippen molar-refractivity contribution in [2.75, 3.05) is 11.4 Å². The van der Waals surface area contributed by atoms with Gasteiger partial charge in [-0.05, 0) is 50.3 Å². The molecule has 1 aliphatic rings. The van der Waals surface area contributed by atoms with Crippen LogP contribution >= 0.6 is 0 Å². The molecule has 0 aromatic heterocycles. The van der Waals surface area contributed by atoms with Crippen molar-refractivity contribution in [1.29, 1.82) is 0 Å². The van der Waals surface area contributed by atoms with E-state index in [9.17, 15) is 0 Å². The van der Waals surface area contributed by atoms with Crippen LogP contribution in [0.5, 0.6) is 0 Å². The van der Waals surface area contributed by atoms with E-state index in [-0.39, 0.29) is 6.04 Å². The highest BCUT2D eigenvalue weighted by Crippen LogP contribution is 2.28. The quantitative estimate of drug-likeness (QED) is 0.847. The maximum atomic E-state index is 5.88. The van der Waals surface area contributed by atoms with Gasteiger partial charge in [-0.2, -0.15) is 0 Å². The van der Waals surface area contributed by atoms with Gasteiger partial charge in [0.1, 0.15) is 0 Å². The Balaban J connectivity index is 2.15. The molecule has 1 fully saturated rings. The summed E-state index contributed by atoms with van der Waals surface area (Å²) in [6.07, 6.45) is 2.66. The Morgan fingerprint density at radius 3 is 2.41 bits per heavy atom. The first-order valence-corrected chi connectivity index (χ1v) is 6.70. The summed E-state index contributed by atoms with van der Waals surface area (Å²) < 4.78 is 0. The lowest BCUT2D eigenvalue weighted by molar-refractivity contribution is 0.390. The highest BCUT2D eigenvalue weighted by Gasteiger charge is 2.22. The molecule has 94 valence electrons. The second kappa shape index (κ2) is 5.09. The molecule has 1 aliphatic heterocycles. The lowest BCUT2D eigenvalue weighted by Gasteiger charge is -2.38. The van der Waals surface area contributed by atoms with Gasteiger partial charge in [-0.25, -0.2) is 0 Å². The monoisotopic (exact) mass is 232 g/mol. The maximum Gasteiger partial charge on any atom is 0.0368 e. The van der Waals surface area contributed by atoms with Crippen LogP contribution in [0.3, 0.4) is 0 Å². The number of hydrogen-bond donors (Lipinski definition) is 1. The van der Waals surface area contributed by atoms with Crippen LogP contribution in [0.4, 0.5) is 5.69 Å². The smallest absolute Gasteiger partial charge is 0.0368 e. The Morgan fingerprint density at radius 1 is 1.18 bits per heavy atom. The van der Waals surface area contributed by atoms with E-state index in [1.807, 2.05) is 6.92 Å². The van der Waals surface area contributed by atoms with Gasteiger partial charge < -0.3 is 10.6 Å². The fourth-order valence-electron chi connectivity index (χ4n) is 2.62. The van der Waals surface area contributed by atoms with E-state index in [0.29, 0.717) is 6.04 Å². The van der Waals surface area contributed by atoms with Crippen LogP contribution in [0.25, 0.3) is 0 Å². The average molecular weight is 232 g/mol. The van der Waals surface area contributed by atoms with Crippen molar-refractivity contribution in [1.82, 2.24) is 0 Å². The number of benzene rings is 1. The van der Waals surface area contributed by atoms with Crippen molar-refractivity contribution in [3.05, 3.63) is 29.8 Å². The van der Waals surface area contributed by atoms with E-state index in [2.05, 4.69) is 43.0 Å². The third-order valence-electron chi connectivity index (χ3n) is 3.87. The van der Waals surface area contributed by atoms with Crippen LogP contribution in [0.2, 0.25) is 0 Å². The Kier molecular flexibility index (Phi) is 3.72. The summed E-state index contributed by atoms with van der Waals surface area (Å²) in [5.74, 6) is 0.805. The highest BCUT2D eigenvalue weighted by atomic mass is 15.2. The minimum absolute atomic E-state index is 0.127. The molecule has 0 radical (unpaired) electrons. The van der Waals surface area contributed by atoms with Crippen molar-refractivity contribution in [3.63, 3.8) is 0 Å². The second-order valence-electron chi connectivity index (χ2n) is 5.56. The van der Waals surface area contributed by atoms with Crippen LogP contribution in [0, 0.1) is 5.92 Å². The van der Waals surface area contributed by atoms with Crippen molar-refractivity contribution >= 4 is 5.69 Å². The fourth-order valence-corrected chi connectivity index (χ4v) is 2.62. The lowest BCUT2D eigenvalue weighted by Crippen LogP contribution is -2.41. The predicted molar refractivity (Wildman–Crippen MR) is 74.3 cm³/mol. The third-order valence-corrected chi connectivity index (χ3v) is 3.87. The molecule has 3 atom stereocenters. The molecule has 2 unspecified atom stereocenters. The number of nitrogens with zero attached hydrogens (tertiary/aromatic N) is 1. The average Bonchev–Trinajstić information content (AvgIpc) is 2.32. The van der Waals surface area contributed by atoms with Gasteiger partial charge in [-0.3, -0.25) is 0 Å². The standard InChI is InChI=1S/C15H24N2/c1-11-4-5-12(2)17(10-11)15-8-6-14(7-9-15)13(3)16/h6-9,11-13H,4-5,10,16H2,1-3H3/t11?,12?,13-/m1/s1. The second-order valence-corrected chi connectivity index (χ2v) is 5.56. The summed E-state index contributed by atoms with van der Waals surface area (Å²) in [6, 6.07) is 9.53. The number of piperidine rings is 1. The summed E-state index contributed by atoms with van der Waals surface area (Å²) in [6.45, 7) is 7.87. The van der Waals surface area contributed by atoms with Crippen molar-refractivity contribution in [3.8, 4) is 0 Å². The minimum atomic E-state index is 0.127. The molecule has 0 amide bonds. The Hall–Kier alpha value is -1.02. The molecule has 17 heavy (non-hydrogen) atoms. The molecule has 1 saturated heterocycles. The van der Waals surface area contributed by atoms with E-state index < -0.39 is 0 Å². The molecule has 0 bridgehead atoms. The molecule has 2 heteroatoms. The Bertz CT molecular complexity index is 356. The molecule has 0 aliphatic carbocycles. The first-order valence-electron chi connectivity index (χ1n) is 6.70. The number of rotatable bonds is 2. The van der Waals surface area contributed by atoms with Crippen LogP contribution in [0.1, 0.15) is 45.2 Å². The zero-order valence-electron chi connectivity index (χ0n) is 11.2. The van der Waals surface area contributed by atoms with E-state index >= 15 is 0 Å². The van der Waals surface area contributed by atoms with Gasteiger partial charge in [0.05, 0.1) is 0 Å². The van der Waals surface area contributed by atoms with Crippen molar-refractivity contribution in [2.45, 2.75) is 45.7 Å². The normalized spacial score (nSPS) is 26.9. The summed E-state index contributed by atoms with van der Waals surface area (Å²) in [7, 11) is 0. The Labute approximate surface area is 105 Å². The van der Waals surface area contributed by atoms with E-state index in [0.717, 1.165) is 5.92 Å². The summed E-state index contributed by atoms with van der Waals surface area (Å²) in [5, 5.41) is 0. The van der Waals surface area contributed by atoms with Crippen LogP contribution in [0.15, 0.2) is 24.3 Å². The molecule has 2 rings (SSSR count). The first kappa shape index (κ1) is 12.4. The molecule has 0 saturated carbocycles. The van der Waals surface area contributed by atoms with Crippen LogP contribution in [-0.4, -0.2) is 12.6 Å². The van der Waals surface area contributed by atoms with E-state index in [1.165, 1.54) is 30.6 Å². The largest absolute Gasteiger partial charge is 0.369 e. The van der Waals surface area contributed by atoms with Gasteiger partial charge in [0.25, 0.3) is 0 Å². The number of nitrogens with two attached hydrogens (primary N) is 1. The van der Waals surface area contributed by atoms with Gasteiger partial charge in [-0.15, -0.1) is 0 Å². The molecule has 2 nitrogen and oxygen atoms in total. The topological polar surface area (TPSA) is 29.3 Å². The van der Waals surface area contributed by atoms with Gasteiger partial charge in [0.2, 0.25) is 0 Å². The molecule has 2 N–H and O–H groups in total. The maximum absolute atomic E-state index is 5.88. The van der Waals surface area contributed by atoms with Crippen molar-refractivity contribution in [2.24, 2.45) is 11.7 Å². The summed E-state index contributed by atoms with van der Waals surface area (Å²) in [5.41, 5.74) is 8.43. The fraction of sp³-hybridized carbons (Fsp3) is 0.600. The van der Waals surface area contributed by atoms with Gasteiger partial charge in [0.15, 0.2) is 0 Å². The number of hydrogen-bond acceptors (Lipinski definition) is 2. The zero-order valence-corrected chi connectivity index (χ0v) is 11.2. The molecule has 0 spiro atoms. The van der Waals surface area contributed by atoms with Crippen molar-refractivity contribution < 1.29 is 0 Å². The van der Waals surface area contributed by atoms with Gasteiger partial charge in [0, 0.05) is 24.3 Å². The third kappa shape index (κ3) is 2.81. The molecule has 1 aromatic carbocycles. The van der Waals surface area contributed by atoms with Crippen LogP contribution < -0.4 is 10.6 Å². The first-order chi connectivity index (χ1) is 8.08. The van der Waals surface area contributed by atoms with E-state index in [4.69, 9.17) is 5.73 Å². The van der Waals surface area contributed by atoms with Gasteiger partial charge in [-0.1, -0.05) is 19.1 Å². The minimum Gasteiger partial charge on any atom is -0.369 e. The molecular formula is C15H24N2. The lowest BCUT2D eigenvalue weighted by atomic mass is 9.94. The van der Waals surface area contributed by atoms with Gasteiger partial charge >= 0.3 is 0 Å².